The molecule has 1 aromatic rings. The molecule has 0 bridgehead atoms. The minimum absolute atomic E-state index is 0.188. The normalized spacial score (nSPS) is 13.6. The predicted molar refractivity (Wildman–Crippen MR) is 67.2 cm³/mol. The van der Waals surface area contributed by atoms with Crippen LogP contribution in [0.25, 0.3) is 0 Å². The summed E-state index contributed by atoms with van der Waals surface area (Å²) in [6, 6.07) is 10.2. The summed E-state index contributed by atoms with van der Waals surface area (Å²) in [5.74, 6) is 0.426. The molecule has 0 amide bonds. The van der Waals surface area contributed by atoms with E-state index < -0.39 is 9.84 Å². The maximum Gasteiger partial charge on any atom is 0.151 e. The van der Waals surface area contributed by atoms with Crippen molar-refractivity contribution in [3.05, 3.63) is 35.9 Å². The van der Waals surface area contributed by atoms with Crippen LogP contribution in [0.2, 0.25) is 0 Å². The Morgan fingerprint density at radius 2 is 1.88 bits per heavy atom. The Balaban J connectivity index is 2.40. The second-order valence-electron chi connectivity index (χ2n) is 3.82. The van der Waals surface area contributed by atoms with Crippen LogP contribution in [0.4, 0.5) is 0 Å². The van der Waals surface area contributed by atoms with Crippen LogP contribution < -0.4 is 5.32 Å². The van der Waals surface area contributed by atoms with Gasteiger partial charge in [0.1, 0.15) is 0 Å². The van der Waals surface area contributed by atoms with Gasteiger partial charge in [-0.05, 0) is 12.5 Å². The maximum atomic E-state index is 11.3. The molecule has 0 aliphatic rings. The summed E-state index contributed by atoms with van der Waals surface area (Å²) in [7, 11) is -2.86. The molecule has 0 fully saturated rings. The molecule has 0 aliphatic heterocycles. The molecule has 1 atom stereocenters. The topological polar surface area (TPSA) is 46.2 Å². The Hall–Kier alpha value is -0.870. The Bertz CT molecular complexity index is 400. The fraction of sp³-hybridized carbons (Fsp3) is 0.500. The second kappa shape index (κ2) is 6.01. The van der Waals surface area contributed by atoms with E-state index in [1.807, 2.05) is 37.3 Å². The van der Waals surface area contributed by atoms with Crippen LogP contribution in [0.5, 0.6) is 0 Å². The smallest absolute Gasteiger partial charge is 0.151 e. The van der Waals surface area contributed by atoms with Crippen LogP contribution >= 0.6 is 0 Å². The fourth-order valence-corrected chi connectivity index (χ4v) is 2.15. The SMILES string of the molecule is CCS(=O)(=O)CCN[C@H](C)c1ccccc1. The number of sulfone groups is 1. The van der Waals surface area contributed by atoms with Gasteiger partial charge < -0.3 is 5.32 Å². The van der Waals surface area contributed by atoms with Crippen LogP contribution in [0.15, 0.2) is 30.3 Å². The van der Waals surface area contributed by atoms with Gasteiger partial charge in [-0.2, -0.15) is 0 Å². The molecule has 16 heavy (non-hydrogen) atoms. The Morgan fingerprint density at radius 3 is 2.44 bits per heavy atom. The van der Waals surface area contributed by atoms with E-state index in [-0.39, 0.29) is 17.5 Å². The van der Waals surface area contributed by atoms with Gasteiger partial charge in [0.15, 0.2) is 9.84 Å². The summed E-state index contributed by atoms with van der Waals surface area (Å²) in [6.45, 7) is 4.22. The molecule has 0 saturated carbocycles. The molecule has 4 heteroatoms. The first-order chi connectivity index (χ1) is 7.55. The van der Waals surface area contributed by atoms with Crippen LogP contribution in [0, 0.1) is 0 Å². The maximum absolute atomic E-state index is 11.3. The molecule has 0 spiro atoms. The summed E-state index contributed by atoms with van der Waals surface area (Å²) in [6.07, 6.45) is 0. The molecule has 1 aromatic carbocycles. The minimum Gasteiger partial charge on any atom is -0.309 e. The summed E-state index contributed by atoms with van der Waals surface area (Å²) in [4.78, 5) is 0. The van der Waals surface area contributed by atoms with Gasteiger partial charge in [0.2, 0.25) is 0 Å². The first kappa shape index (κ1) is 13.2. The van der Waals surface area contributed by atoms with Crippen molar-refractivity contribution in [1.82, 2.24) is 5.32 Å². The molecular weight excluding hydrogens is 222 g/mol. The third-order valence-corrected chi connectivity index (χ3v) is 4.31. The van der Waals surface area contributed by atoms with Gasteiger partial charge in [-0.3, -0.25) is 0 Å². The van der Waals surface area contributed by atoms with E-state index in [0.717, 1.165) is 0 Å². The van der Waals surface area contributed by atoms with Crippen molar-refractivity contribution >= 4 is 9.84 Å². The molecule has 90 valence electrons. The second-order valence-corrected chi connectivity index (χ2v) is 6.30. The van der Waals surface area contributed by atoms with E-state index in [4.69, 9.17) is 0 Å². The van der Waals surface area contributed by atoms with Crippen molar-refractivity contribution in [1.29, 1.82) is 0 Å². The lowest BCUT2D eigenvalue weighted by Crippen LogP contribution is -2.26. The standard InChI is InChI=1S/C12H19NO2S/c1-3-16(14,15)10-9-13-11(2)12-7-5-4-6-8-12/h4-8,11,13H,3,9-10H2,1-2H3/t11-/m1/s1. The van der Waals surface area contributed by atoms with Gasteiger partial charge in [0.25, 0.3) is 0 Å². The highest BCUT2D eigenvalue weighted by Gasteiger charge is 2.08. The molecule has 0 aromatic heterocycles. The van der Waals surface area contributed by atoms with Gasteiger partial charge in [-0.25, -0.2) is 8.42 Å². The summed E-state index contributed by atoms with van der Waals surface area (Å²) in [5, 5.41) is 3.21. The van der Waals surface area contributed by atoms with E-state index in [2.05, 4.69) is 5.32 Å². The van der Waals surface area contributed by atoms with Crippen molar-refractivity contribution in [2.75, 3.05) is 18.1 Å². The quantitative estimate of drug-likeness (QED) is 0.825. The zero-order valence-corrected chi connectivity index (χ0v) is 10.6. The molecule has 1 N–H and O–H groups in total. The fourth-order valence-electron chi connectivity index (χ4n) is 1.43. The van der Waals surface area contributed by atoms with Crippen molar-refractivity contribution in [3.63, 3.8) is 0 Å². The van der Waals surface area contributed by atoms with E-state index in [1.165, 1.54) is 5.56 Å². The number of hydrogen-bond acceptors (Lipinski definition) is 3. The van der Waals surface area contributed by atoms with Crippen LogP contribution in [0.1, 0.15) is 25.5 Å². The van der Waals surface area contributed by atoms with Crippen LogP contribution in [0.3, 0.4) is 0 Å². The van der Waals surface area contributed by atoms with Crippen molar-refractivity contribution in [2.24, 2.45) is 0 Å². The predicted octanol–water partition coefficient (Wildman–Crippen LogP) is 1.77. The zero-order chi connectivity index (χ0) is 12.0. The average molecular weight is 241 g/mol. The van der Waals surface area contributed by atoms with Crippen LogP contribution in [-0.4, -0.2) is 26.5 Å². The van der Waals surface area contributed by atoms with Crippen molar-refractivity contribution in [3.8, 4) is 0 Å². The minimum atomic E-state index is -2.86. The Kier molecular flexibility index (Phi) is 4.96. The lowest BCUT2D eigenvalue weighted by Gasteiger charge is -2.13. The first-order valence-electron chi connectivity index (χ1n) is 5.54. The average Bonchev–Trinajstić information content (AvgIpc) is 2.30. The van der Waals surface area contributed by atoms with E-state index in [1.54, 1.807) is 6.92 Å². The van der Waals surface area contributed by atoms with Gasteiger partial charge in [-0.1, -0.05) is 37.3 Å². The highest BCUT2D eigenvalue weighted by atomic mass is 32.2. The molecule has 3 nitrogen and oxygen atoms in total. The highest BCUT2D eigenvalue weighted by Crippen LogP contribution is 2.10. The molecule has 0 unspecified atom stereocenters. The third kappa shape index (κ3) is 4.33. The van der Waals surface area contributed by atoms with E-state index in [0.29, 0.717) is 6.54 Å². The highest BCUT2D eigenvalue weighted by molar-refractivity contribution is 7.91. The van der Waals surface area contributed by atoms with Crippen molar-refractivity contribution in [2.45, 2.75) is 19.9 Å². The Morgan fingerprint density at radius 1 is 1.25 bits per heavy atom. The summed E-state index contributed by atoms with van der Waals surface area (Å²) >= 11 is 0. The summed E-state index contributed by atoms with van der Waals surface area (Å²) in [5.41, 5.74) is 1.18. The number of benzene rings is 1. The van der Waals surface area contributed by atoms with E-state index >= 15 is 0 Å². The molecule has 0 heterocycles. The first-order valence-corrected chi connectivity index (χ1v) is 7.36. The number of nitrogens with one attached hydrogen (secondary N) is 1. The van der Waals surface area contributed by atoms with E-state index in [9.17, 15) is 8.42 Å². The lowest BCUT2D eigenvalue weighted by atomic mass is 10.1. The molecule has 0 saturated heterocycles. The van der Waals surface area contributed by atoms with Gasteiger partial charge in [0.05, 0.1) is 5.75 Å². The van der Waals surface area contributed by atoms with Gasteiger partial charge in [-0.15, -0.1) is 0 Å². The number of rotatable bonds is 6. The largest absolute Gasteiger partial charge is 0.309 e. The monoisotopic (exact) mass is 241 g/mol. The molecule has 0 aliphatic carbocycles. The summed E-state index contributed by atoms with van der Waals surface area (Å²) < 4.78 is 22.6. The van der Waals surface area contributed by atoms with Gasteiger partial charge in [0, 0.05) is 18.3 Å². The van der Waals surface area contributed by atoms with Crippen LogP contribution in [-0.2, 0) is 9.84 Å². The Labute approximate surface area is 97.8 Å². The third-order valence-electron chi connectivity index (χ3n) is 2.60. The zero-order valence-electron chi connectivity index (χ0n) is 9.81. The molecular formula is C12H19NO2S. The molecule has 0 radical (unpaired) electrons. The van der Waals surface area contributed by atoms with Crippen molar-refractivity contribution < 1.29 is 8.42 Å². The molecule has 1 rings (SSSR count). The van der Waals surface area contributed by atoms with Gasteiger partial charge >= 0.3 is 0 Å². The number of hydrogen-bond donors (Lipinski definition) is 1. The lowest BCUT2D eigenvalue weighted by molar-refractivity contribution is 0.573.